The summed E-state index contributed by atoms with van der Waals surface area (Å²) < 4.78 is 0. The molecule has 1 radical (unpaired) electrons. The Hall–Kier alpha value is -1.09. The molecule has 0 aliphatic rings. The molecule has 0 saturated heterocycles. The van der Waals surface area contributed by atoms with Gasteiger partial charge in [-0.1, -0.05) is 59.7 Å². The first kappa shape index (κ1) is 13.0. The van der Waals surface area contributed by atoms with Crippen LogP contribution in [0.25, 0.3) is 0 Å². The van der Waals surface area contributed by atoms with Gasteiger partial charge in [0.25, 0.3) is 0 Å². The van der Waals surface area contributed by atoms with E-state index in [9.17, 15) is 10.2 Å². The first-order valence-corrected chi connectivity index (χ1v) is 5.29. The molecule has 2 rings (SSSR count). The van der Waals surface area contributed by atoms with E-state index in [2.05, 4.69) is 0 Å². The van der Waals surface area contributed by atoms with Crippen molar-refractivity contribution >= 4 is 11.8 Å². The molecule has 4 heteroatoms. The van der Waals surface area contributed by atoms with Crippen LogP contribution in [-0.4, -0.2) is 0 Å². The summed E-state index contributed by atoms with van der Waals surface area (Å²) in [6, 6.07) is 13.4. The zero-order valence-electron chi connectivity index (χ0n) is 8.15. The maximum Gasteiger partial charge on any atom is 2.00 e. The Balaban J connectivity index is 0.00000128. The van der Waals surface area contributed by atoms with Crippen LogP contribution < -0.4 is 10.2 Å². The van der Waals surface area contributed by atoms with Gasteiger partial charge >= 0.3 is 17.1 Å². The van der Waals surface area contributed by atoms with Gasteiger partial charge in [0, 0.05) is 9.79 Å². The third-order valence-electron chi connectivity index (χ3n) is 1.92. The summed E-state index contributed by atoms with van der Waals surface area (Å²) in [5.74, 6) is -0.100. The van der Waals surface area contributed by atoms with E-state index in [-0.39, 0.29) is 28.6 Å². The summed E-state index contributed by atoms with van der Waals surface area (Å²) in [6.45, 7) is 0. The van der Waals surface area contributed by atoms with Crippen LogP contribution in [0.15, 0.2) is 58.3 Å². The van der Waals surface area contributed by atoms with E-state index in [1.807, 2.05) is 0 Å². The van der Waals surface area contributed by atoms with E-state index in [0.29, 0.717) is 9.79 Å². The molecule has 2 nitrogen and oxygen atoms in total. The summed E-state index contributed by atoms with van der Waals surface area (Å²) in [6.07, 6.45) is 0. The maximum absolute atomic E-state index is 11.4. The third kappa shape index (κ3) is 2.95. The van der Waals surface area contributed by atoms with Crippen LogP contribution in [-0.2, 0) is 17.1 Å². The Morgan fingerprint density at radius 2 is 1.06 bits per heavy atom. The van der Waals surface area contributed by atoms with Crippen molar-refractivity contribution in [2.75, 3.05) is 0 Å². The minimum absolute atomic E-state index is 0. The van der Waals surface area contributed by atoms with E-state index in [0.717, 1.165) is 0 Å². The fourth-order valence-corrected chi connectivity index (χ4v) is 2.05. The second-order valence-corrected chi connectivity index (χ2v) is 4.08. The number of benzene rings is 2. The van der Waals surface area contributed by atoms with Crippen LogP contribution >= 0.6 is 11.8 Å². The molecule has 0 fully saturated rings. The van der Waals surface area contributed by atoms with E-state index in [1.54, 1.807) is 36.4 Å². The summed E-state index contributed by atoms with van der Waals surface area (Å²) in [4.78, 5) is 1.17. The van der Waals surface area contributed by atoms with Crippen molar-refractivity contribution in [2.45, 2.75) is 9.79 Å². The van der Waals surface area contributed by atoms with Crippen molar-refractivity contribution in [3.63, 3.8) is 0 Å². The first-order chi connectivity index (χ1) is 7.27. The van der Waals surface area contributed by atoms with Gasteiger partial charge in [0.05, 0.1) is 0 Å². The van der Waals surface area contributed by atoms with Gasteiger partial charge in [-0.3, -0.25) is 0 Å². The van der Waals surface area contributed by atoms with Crippen LogP contribution in [0, 0.1) is 0 Å². The summed E-state index contributed by atoms with van der Waals surface area (Å²) in [7, 11) is 0. The number of hydrogen-bond donors (Lipinski definition) is 0. The van der Waals surface area contributed by atoms with E-state index < -0.39 is 0 Å². The molecule has 0 spiro atoms. The number of rotatable bonds is 2. The van der Waals surface area contributed by atoms with Gasteiger partial charge < -0.3 is 10.2 Å². The van der Waals surface area contributed by atoms with Gasteiger partial charge in [0.15, 0.2) is 0 Å². The van der Waals surface area contributed by atoms with Crippen LogP contribution in [0.3, 0.4) is 0 Å². The molecule has 0 aliphatic carbocycles. The molecule has 0 atom stereocenters. The SMILES string of the molecule is [Cu+2].[O-]c1ccccc1Sc1ccccc1[O-]. The second kappa shape index (κ2) is 5.85. The van der Waals surface area contributed by atoms with Crippen molar-refractivity contribution in [3.8, 4) is 11.5 Å². The standard InChI is InChI=1S/C12H10O2S.Cu/c13-9-5-1-3-7-11(9)15-12-8-4-2-6-10(12)14;/h1-8,13-14H;/q;+2/p-2. The van der Waals surface area contributed by atoms with Crippen LogP contribution in [0.4, 0.5) is 0 Å². The second-order valence-electron chi connectivity index (χ2n) is 3.00. The van der Waals surface area contributed by atoms with Crippen LogP contribution in [0.1, 0.15) is 0 Å². The van der Waals surface area contributed by atoms with E-state index >= 15 is 0 Å². The molecule has 0 saturated carbocycles. The van der Waals surface area contributed by atoms with Gasteiger partial charge in [0.1, 0.15) is 0 Å². The molecule has 0 heterocycles. The fraction of sp³-hybridized carbons (Fsp3) is 0. The minimum atomic E-state index is -0.0502. The maximum atomic E-state index is 11.4. The van der Waals surface area contributed by atoms with Crippen LogP contribution in [0.5, 0.6) is 11.5 Å². The molecule has 2 aromatic carbocycles. The first-order valence-electron chi connectivity index (χ1n) is 4.47. The Labute approximate surface area is 109 Å². The predicted octanol–water partition coefficient (Wildman–Crippen LogP) is 1.98. The molecule has 0 N–H and O–H groups in total. The smallest absolute Gasteiger partial charge is 0.872 e. The summed E-state index contributed by atoms with van der Waals surface area (Å²) in [5.41, 5.74) is 0. The molecular weight excluding hydrogens is 272 g/mol. The topological polar surface area (TPSA) is 46.1 Å². The Kier molecular flexibility index (Phi) is 4.74. The molecule has 0 amide bonds. The predicted molar refractivity (Wildman–Crippen MR) is 55.9 cm³/mol. The zero-order valence-corrected chi connectivity index (χ0v) is 9.90. The molecule has 0 aromatic heterocycles. The summed E-state index contributed by atoms with van der Waals surface area (Å²) in [5, 5.41) is 22.8. The normalized spacial score (nSPS) is 9.50. The quantitative estimate of drug-likeness (QED) is 0.790. The molecule has 85 valence electrons. The van der Waals surface area contributed by atoms with E-state index in [4.69, 9.17) is 0 Å². The summed E-state index contributed by atoms with van der Waals surface area (Å²) >= 11 is 1.22. The Morgan fingerprint density at radius 1 is 0.688 bits per heavy atom. The van der Waals surface area contributed by atoms with Crippen molar-refractivity contribution in [3.05, 3.63) is 48.5 Å². The van der Waals surface area contributed by atoms with E-state index in [1.165, 1.54) is 23.9 Å². The molecule has 2 aromatic rings. The van der Waals surface area contributed by atoms with Gasteiger partial charge in [-0.15, -0.1) is 0 Å². The molecular formula is C12H8CuO2S. The number of para-hydroxylation sites is 2. The third-order valence-corrected chi connectivity index (χ3v) is 3.03. The zero-order chi connectivity index (χ0) is 10.7. The minimum Gasteiger partial charge on any atom is -0.872 e. The van der Waals surface area contributed by atoms with Crippen molar-refractivity contribution in [2.24, 2.45) is 0 Å². The van der Waals surface area contributed by atoms with Crippen LogP contribution in [0.2, 0.25) is 0 Å². The number of hydrogen-bond acceptors (Lipinski definition) is 3. The van der Waals surface area contributed by atoms with Crippen molar-refractivity contribution < 1.29 is 27.3 Å². The largest absolute Gasteiger partial charge is 2.00 e. The van der Waals surface area contributed by atoms with Gasteiger partial charge in [-0.05, 0) is 12.1 Å². The Morgan fingerprint density at radius 3 is 1.44 bits per heavy atom. The van der Waals surface area contributed by atoms with Gasteiger partial charge in [-0.25, -0.2) is 0 Å². The van der Waals surface area contributed by atoms with Crippen molar-refractivity contribution in [1.82, 2.24) is 0 Å². The van der Waals surface area contributed by atoms with Gasteiger partial charge in [-0.2, -0.15) is 0 Å². The van der Waals surface area contributed by atoms with Gasteiger partial charge in [0.2, 0.25) is 0 Å². The Bertz CT molecular complexity index is 431. The molecule has 0 unspecified atom stereocenters. The van der Waals surface area contributed by atoms with Crippen molar-refractivity contribution in [1.29, 1.82) is 0 Å². The fourth-order valence-electron chi connectivity index (χ4n) is 1.19. The monoisotopic (exact) mass is 279 g/mol. The average Bonchev–Trinajstić information content (AvgIpc) is 2.24. The molecule has 16 heavy (non-hydrogen) atoms. The average molecular weight is 280 g/mol. The molecule has 0 aliphatic heterocycles. The molecule has 0 bridgehead atoms.